The van der Waals surface area contributed by atoms with Crippen molar-refractivity contribution in [3.8, 4) is 0 Å². The van der Waals surface area contributed by atoms with Gasteiger partial charge in [-0.3, -0.25) is 4.90 Å². The molecule has 0 radical (unpaired) electrons. The van der Waals surface area contributed by atoms with E-state index in [0.717, 1.165) is 37.8 Å². The minimum atomic E-state index is -0.0696. The predicted molar refractivity (Wildman–Crippen MR) is 68.1 cm³/mol. The average molecular weight is 238 g/mol. The van der Waals surface area contributed by atoms with E-state index in [1.165, 1.54) is 0 Å². The first kappa shape index (κ1) is 12.4. The third kappa shape index (κ3) is 2.45. The molecule has 1 saturated heterocycles. The SMILES string of the molecule is CNc1cc(C(C)(C)N2CCN(C)CC2)no1. The molecule has 17 heavy (non-hydrogen) atoms. The Bertz CT molecular complexity index is 366. The van der Waals surface area contributed by atoms with Crippen LogP contribution in [0.15, 0.2) is 10.6 Å². The molecular formula is C12H22N4O. The number of piperazine rings is 1. The second-order valence-electron chi connectivity index (χ2n) is 5.18. The lowest BCUT2D eigenvalue weighted by Gasteiger charge is -2.42. The molecule has 1 N–H and O–H groups in total. The molecular weight excluding hydrogens is 216 g/mol. The summed E-state index contributed by atoms with van der Waals surface area (Å²) in [5, 5.41) is 7.13. The average Bonchev–Trinajstić information content (AvgIpc) is 2.78. The van der Waals surface area contributed by atoms with Crippen LogP contribution in [0, 0.1) is 0 Å². The first-order valence-electron chi connectivity index (χ1n) is 6.12. The summed E-state index contributed by atoms with van der Waals surface area (Å²) in [6, 6.07) is 1.98. The van der Waals surface area contributed by atoms with Gasteiger partial charge in [0.1, 0.15) is 5.69 Å². The number of nitrogens with one attached hydrogen (secondary N) is 1. The van der Waals surface area contributed by atoms with Gasteiger partial charge in [0.15, 0.2) is 0 Å². The fraction of sp³-hybridized carbons (Fsp3) is 0.750. The van der Waals surface area contributed by atoms with Gasteiger partial charge in [-0.1, -0.05) is 5.16 Å². The number of hydrogen-bond acceptors (Lipinski definition) is 5. The van der Waals surface area contributed by atoms with Crippen LogP contribution in [0.5, 0.6) is 0 Å². The molecule has 5 heteroatoms. The summed E-state index contributed by atoms with van der Waals surface area (Å²) in [6.45, 7) is 8.78. The van der Waals surface area contributed by atoms with Gasteiger partial charge in [-0.25, -0.2) is 0 Å². The van der Waals surface area contributed by atoms with Crippen LogP contribution in [0.2, 0.25) is 0 Å². The van der Waals surface area contributed by atoms with Crippen LogP contribution in [-0.2, 0) is 5.54 Å². The summed E-state index contributed by atoms with van der Waals surface area (Å²) in [7, 11) is 4.01. The Morgan fingerprint density at radius 2 is 1.94 bits per heavy atom. The van der Waals surface area contributed by atoms with Gasteiger partial charge in [0.25, 0.3) is 0 Å². The molecule has 0 amide bonds. The van der Waals surface area contributed by atoms with Crippen molar-refractivity contribution in [1.29, 1.82) is 0 Å². The van der Waals surface area contributed by atoms with E-state index >= 15 is 0 Å². The first-order valence-corrected chi connectivity index (χ1v) is 6.12. The summed E-state index contributed by atoms with van der Waals surface area (Å²) in [5.41, 5.74) is 0.922. The van der Waals surface area contributed by atoms with E-state index in [1.54, 1.807) is 0 Å². The van der Waals surface area contributed by atoms with Crippen molar-refractivity contribution in [3.63, 3.8) is 0 Å². The van der Waals surface area contributed by atoms with Crippen molar-refractivity contribution in [3.05, 3.63) is 11.8 Å². The number of likely N-dealkylation sites (N-methyl/N-ethyl adjacent to an activating group) is 1. The Labute approximate surface area is 103 Å². The van der Waals surface area contributed by atoms with E-state index in [4.69, 9.17) is 4.52 Å². The number of rotatable bonds is 3. The third-order valence-corrected chi connectivity index (χ3v) is 3.68. The monoisotopic (exact) mass is 238 g/mol. The fourth-order valence-electron chi connectivity index (χ4n) is 2.21. The quantitative estimate of drug-likeness (QED) is 0.857. The molecule has 0 aliphatic carbocycles. The standard InChI is InChI=1S/C12H22N4O/c1-12(2,10-9-11(13-3)17-14-10)16-7-5-15(4)6-8-16/h9,13H,5-8H2,1-4H3. The van der Waals surface area contributed by atoms with E-state index in [-0.39, 0.29) is 5.54 Å². The highest BCUT2D eigenvalue weighted by molar-refractivity contribution is 5.32. The normalized spacial score (nSPS) is 19.5. The fourth-order valence-corrected chi connectivity index (χ4v) is 2.21. The number of nitrogens with zero attached hydrogens (tertiary/aromatic N) is 3. The summed E-state index contributed by atoms with van der Waals surface area (Å²) < 4.78 is 5.21. The maximum absolute atomic E-state index is 5.21. The molecule has 0 bridgehead atoms. The van der Waals surface area contributed by atoms with Crippen molar-refractivity contribution in [2.45, 2.75) is 19.4 Å². The third-order valence-electron chi connectivity index (χ3n) is 3.68. The van der Waals surface area contributed by atoms with Crippen molar-refractivity contribution in [1.82, 2.24) is 15.0 Å². The molecule has 1 aromatic rings. The number of hydrogen-bond donors (Lipinski definition) is 1. The van der Waals surface area contributed by atoms with Gasteiger partial charge in [0.05, 0.1) is 5.54 Å². The Balaban J connectivity index is 2.12. The molecule has 0 aromatic carbocycles. The zero-order valence-corrected chi connectivity index (χ0v) is 11.2. The minimum Gasteiger partial charge on any atom is -0.357 e. The Kier molecular flexibility index (Phi) is 3.40. The zero-order chi connectivity index (χ0) is 12.5. The largest absolute Gasteiger partial charge is 0.357 e. The van der Waals surface area contributed by atoms with E-state index in [9.17, 15) is 0 Å². The maximum atomic E-state index is 5.21. The van der Waals surface area contributed by atoms with Crippen molar-refractivity contribution in [2.24, 2.45) is 0 Å². The van der Waals surface area contributed by atoms with Gasteiger partial charge >= 0.3 is 0 Å². The first-order chi connectivity index (χ1) is 8.04. The lowest BCUT2D eigenvalue weighted by atomic mass is 9.97. The minimum absolute atomic E-state index is 0.0696. The second-order valence-corrected chi connectivity index (χ2v) is 5.18. The molecule has 0 atom stereocenters. The van der Waals surface area contributed by atoms with E-state index in [2.05, 4.69) is 41.2 Å². The summed E-state index contributed by atoms with van der Waals surface area (Å²) >= 11 is 0. The molecule has 1 aliphatic rings. The van der Waals surface area contributed by atoms with Crippen molar-refractivity contribution < 1.29 is 4.52 Å². The molecule has 0 unspecified atom stereocenters. The van der Waals surface area contributed by atoms with Crippen LogP contribution >= 0.6 is 0 Å². The van der Waals surface area contributed by atoms with Crippen LogP contribution in [0.3, 0.4) is 0 Å². The lowest BCUT2D eigenvalue weighted by molar-refractivity contribution is 0.0560. The zero-order valence-electron chi connectivity index (χ0n) is 11.2. The summed E-state index contributed by atoms with van der Waals surface area (Å²) in [4.78, 5) is 4.82. The lowest BCUT2D eigenvalue weighted by Crippen LogP contribution is -2.52. The Morgan fingerprint density at radius 1 is 1.29 bits per heavy atom. The van der Waals surface area contributed by atoms with Crippen LogP contribution < -0.4 is 5.32 Å². The topological polar surface area (TPSA) is 44.5 Å². The molecule has 96 valence electrons. The highest BCUT2D eigenvalue weighted by atomic mass is 16.5. The number of anilines is 1. The maximum Gasteiger partial charge on any atom is 0.224 e. The molecule has 0 spiro atoms. The van der Waals surface area contributed by atoms with Crippen LogP contribution in [0.25, 0.3) is 0 Å². The Hall–Kier alpha value is -1.07. The summed E-state index contributed by atoms with van der Waals surface area (Å²) in [5.74, 6) is 0.724. The molecule has 1 aliphatic heterocycles. The molecule has 2 rings (SSSR count). The highest BCUT2D eigenvalue weighted by Gasteiger charge is 2.33. The smallest absolute Gasteiger partial charge is 0.224 e. The molecule has 2 heterocycles. The van der Waals surface area contributed by atoms with Gasteiger partial charge in [-0.05, 0) is 20.9 Å². The highest BCUT2D eigenvalue weighted by Crippen LogP contribution is 2.29. The van der Waals surface area contributed by atoms with Gasteiger partial charge in [0, 0.05) is 39.3 Å². The van der Waals surface area contributed by atoms with Gasteiger partial charge in [-0.15, -0.1) is 0 Å². The van der Waals surface area contributed by atoms with Crippen LogP contribution in [-0.4, -0.2) is 55.2 Å². The van der Waals surface area contributed by atoms with Crippen LogP contribution in [0.1, 0.15) is 19.5 Å². The number of aromatic nitrogens is 1. The van der Waals surface area contributed by atoms with E-state index in [1.807, 2.05) is 13.1 Å². The molecule has 0 saturated carbocycles. The molecule has 5 nitrogen and oxygen atoms in total. The van der Waals surface area contributed by atoms with Crippen molar-refractivity contribution in [2.75, 3.05) is 45.6 Å². The Morgan fingerprint density at radius 3 is 2.47 bits per heavy atom. The second kappa shape index (κ2) is 4.66. The van der Waals surface area contributed by atoms with Crippen LogP contribution in [0.4, 0.5) is 5.88 Å². The summed E-state index contributed by atoms with van der Waals surface area (Å²) in [6.07, 6.45) is 0. The predicted octanol–water partition coefficient (Wildman–Crippen LogP) is 1.20. The van der Waals surface area contributed by atoms with Crippen molar-refractivity contribution >= 4 is 5.88 Å². The van der Waals surface area contributed by atoms with Gasteiger partial charge in [-0.2, -0.15) is 0 Å². The molecule has 1 aromatic heterocycles. The molecule has 1 fully saturated rings. The van der Waals surface area contributed by atoms with E-state index < -0.39 is 0 Å². The van der Waals surface area contributed by atoms with Gasteiger partial charge < -0.3 is 14.7 Å². The van der Waals surface area contributed by atoms with Gasteiger partial charge in [0.2, 0.25) is 5.88 Å². The van der Waals surface area contributed by atoms with E-state index in [0.29, 0.717) is 0 Å².